The molecular formula is C40H72N2O10. The molecule has 12 heteroatoms. The smallest absolute Gasteiger partial charge is 0.225 e. The molecule has 5 rings (SSSR count). The number of aliphatic hydroxyl groups excluding tert-OH is 2. The normalized spacial score (nSPS) is 47.2. The van der Waals surface area contributed by atoms with Crippen LogP contribution >= 0.6 is 0 Å². The highest BCUT2D eigenvalue weighted by atomic mass is 16.7. The van der Waals surface area contributed by atoms with Crippen LogP contribution in [0.15, 0.2) is 0 Å². The second-order valence-electron chi connectivity index (χ2n) is 18.1. The highest BCUT2D eigenvalue weighted by Crippen LogP contribution is 2.55. The Morgan fingerprint density at radius 2 is 1.75 bits per heavy atom. The highest BCUT2D eigenvalue weighted by molar-refractivity contribution is 5.78. The first kappa shape index (κ1) is 42.2. The number of nitrogens with one attached hydrogen (secondary N) is 1. The monoisotopic (exact) mass is 741 g/mol. The lowest BCUT2D eigenvalue weighted by Crippen LogP contribution is -2.57. The maximum atomic E-state index is 13.1. The Kier molecular flexibility index (Phi) is 13.2. The third-order valence-corrected chi connectivity index (χ3v) is 13.9. The molecule has 0 saturated carbocycles. The number of ether oxygens (including phenoxy) is 6. The van der Waals surface area contributed by atoms with E-state index in [9.17, 15) is 20.1 Å². The first-order valence-corrected chi connectivity index (χ1v) is 20.2. The van der Waals surface area contributed by atoms with Crippen LogP contribution in [0.3, 0.4) is 0 Å². The molecule has 1 spiro atoms. The van der Waals surface area contributed by atoms with Gasteiger partial charge in [-0.1, -0.05) is 48.5 Å². The molecular weight excluding hydrogens is 668 g/mol. The van der Waals surface area contributed by atoms with Crippen molar-refractivity contribution in [3.63, 3.8) is 0 Å². The van der Waals surface area contributed by atoms with Crippen molar-refractivity contribution in [3.8, 4) is 0 Å². The minimum Gasteiger partial charge on any atom is -0.393 e. The largest absolute Gasteiger partial charge is 0.393 e. The highest BCUT2D eigenvalue weighted by Gasteiger charge is 2.62. The number of hydrogen-bond acceptors (Lipinski definition) is 11. The van der Waals surface area contributed by atoms with Crippen molar-refractivity contribution in [1.29, 1.82) is 0 Å². The Bertz CT molecular complexity index is 1210. The van der Waals surface area contributed by atoms with E-state index in [1.165, 1.54) is 0 Å². The summed E-state index contributed by atoms with van der Waals surface area (Å²) in [5.41, 5.74) is -1.12. The summed E-state index contributed by atoms with van der Waals surface area (Å²) in [7, 11) is 5.59. The summed E-state index contributed by atoms with van der Waals surface area (Å²) in [4.78, 5) is 15.2. The Hall–Kier alpha value is -0.930. The lowest BCUT2D eigenvalue weighted by Gasteiger charge is -2.49. The predicted molar refractivity (Wildman–Crippen MR) is 196 cm³/mol. The zero-order chi connectivity index (χ0) is 38.4. The fraction of sp³-hybridized carbons (Fsp3) is 0.975. The quantitative estimate of drug-likeness (QED) is 0.218. The van der Waals surface area contributed by atoms with E-state index in [1.807, 2.05) is 39.8 Å². The summed E-state index contributed by atoms with van der Waals surface area (Å²) < 4.78 is 40.1. The Morgan fingerprint density at radius 1 is 1.04 bits per heavy atom. The number of methoxy groups -OCH3 is 1. The van der Waals surface area contributed by atoms with Gasteiger partial charge in [0, 0.05) is 50.8 Å². The summed E-state index contributed by atoms with van der Waals surface area (Å²) in [6.45, 7) is 17.4. The Labute approximate surface area is 312 Å². The molecule has 0 aromatic rings. The van der Waals surface area contributed by atoms with Crippen molar-refractivity contribution < 1.29 is 48.5 Å². The SMILES string of the molecule is CC[C@@]1([C@@H]2O[C@@H]([C@H]3O[C@@](O)(CO)[C@H](C)C[C@@H]3C)C[C@@H]2C)CC[C@H]([C@]2(C)CC[C@]3(C[C@H](O)[C@@H](C)[C@@H]([C@@H](C)[C@@H](OC)[C@H](C)C(=O)NCCN(C)C)O3)O2)O1. The average Bonchev–Trinajstić information content (AvgIpc) is 3.81. The molecule has 0 unspecified atom stereocenters. The summed E-state index contributed by atoms with van der Waals surface area (Å²) in [6, 6.07) is 0. The number of carbonyl (C=O) groups excluding carboxylic acids is 1. The van der Waals surface area contributed by atoms with Crippen molar-refractivity contribution in [2.75, 3.05) is 40.9 Å². The molecule has 12 nitrogen and oxygen atoms in total. The van der Waals surface area contributed by atoms with Gasteiger partial charge >= 0.3 is 0 Å². The Morgan fingerprint density at radius 3 is 2.38 bits per heavy atom. The number of amides is 1. The van der Waals surface area contributed by atoms with Gasteiger partial charge in [0.25, 0.3) is 0 Å². The summed E-state index contributed by atoms with van der Waals surface area (Å²) >= 11 is 0. The number of nitrogens with zero attached hydrogens (tertiary/aromatic N) is 1. The zero-order valence-corrected chi connectivity index (χ0v) is 33.9. The van der Waals surface area contributed by atoms with Crippen LogP contribution in [0.25, 0.3) is 0 Å². The van der Waals surface area contributed by atoms with Gasteiger partial charge in [0.15, 0.2) is 11.6 Å². The van der Waals surface area contributed by atoms with Crippen LogP contribution in [0.2, 0.25) is 0 Å². The predicted octanol–water partition coefficient (Wildman–Crippen LogP) is 3.87. The molecule has 0 aliphatic carbocycles. The molecule has 52 heavy (non-hydrogen) atoms. The van der Waals surface area contributed by atoms with Crippen molar-refractivity contribution in [2.24, 2.45) is 35.5 Å². The number of rotatable bonds is 13. The van der Waals surface area contributed by atoms with Crippen LogP contribution in [0, 0.1) is 35.5 Å². The molecule has 5 fully saturated rings. The topological polar surface area (TPSA) is 148 Å². The van der Waals surface area contributed by atoms with Gasteiger partial charge < -0.3 is 54.0 Å². The molecule has 17 atom stereocenters. The second-order valence-corrected chi connectivity index (χ2v) is 18.1. The molecule has 0 bridgehead atoms. The van der Waals surface area contributed by atoms with Gasteiger partial charge in [0.05, 0.1) is 66.5 Å². The molecule has 0 aromatic heterocycles. The van der Waals surface area contributed by atoms with Gasteiger partial charge in [-0.25, -0.2) is 0 Å². The van der Waals surface area contributed by atoms with Crippen molar-refractivity contribution in [1.82, 2.24) is 10.2 Å². The standard InChI is InChI=1S/C40H72N2O10/c1-12-38(35-24(3)20-30(48-35)32-23(2)19-25(4)40(46,22-43)51-32)14-13-31(49-38)37(8)15-16-39(52-37)21-29(44)26(5)34(50-39)27(6)33(47-11)28(7)36(45)41-17-18-42(9)10/h23-35,43-44,46H,12-22H2,1-11H3,(H,41,45)/t23-,24-,25+,26+,27-,28-,29-,30+,31+,32-,33+,34-,35+,37-,38-,39+,40-/m0/s1. The van der Waals surface area contributed by atoms with Gasteiger partial charge in [-0.05, 0) is 71.4 Å². The molecule has 0 radical (unpaired) electrons. The third-order valence-electron chi connectivity index (χ3n) is 13.9. The number of likely N-dealkylation sites (N-methyl/N-ethyl adjacent to an activating group) is 1. The first-order valence-electron chi connectivity index (χ1n) is 20.2. The van der Waals surface area contributed by atoms with Gasteiger partial charge in [-0.2, -0.15) is 0 Å². The maximum Gasteiger partial charge on any atom is 0.225 e. The van der Waals surface area contributed by atoms with Crippen molar-refractivity contribution in [2.45, 2.75) is 172 Å². The third kappa shape index (κ3) is 8.13. The first-order chi connectivity index (χ1) is 24.4. The van der Waals surface area contributed by atoms with E-state index in [0.717, 1.165) is 45.1 Å². The van der Waals surface area contributed by atoms with E-state index in [1.54, 1.807) is 7.11 Å². The van der Waals surface area contributed by atoms with E-state index < -0.39 is 47.5 Å². The maximum absolute atomic E-state index is 13.1. The average molecular weight is 741 g/mol. The second kappa shape index (κ2) is 16.3. The summed E-state index contributed by atoms with van der Waals surface area (Å²) in [6.07, 6.45) is 3.47. The molecule has 1 amide bonds. The summed E-state index contributed by atoms with van der Waals surface area (Å²) in [5, 5.41) is 35.5. The zero-order valence-electron chi connectivity index (χ0n) is 33.9. The van der Waals surface area contributed by atoms with Crippen molar-refractivity contribution >= 4 is 5.91 Å². The molecule has 5 aliphatic heterocycles. The van der Waals surface area contributed by atoms with E-state index >= 15 is 0 Å². The van der Waals surface area contributed by atoms with Crippen LogP contribution < -0.4 is 5.32 Å². The van der Waals surface area contributed by atoms with E-state index in [2.05, 4.69) is 39.9 Å². The number of hydrogen-bond donors (Lipinski definition) is 4. The van der Waals surface area contributed by atoms with Gasteiger partial charge in [-0.15, -0.1) is 0 Å². The molecule has 5 saturated heterocycles. The molecule has 302 valence electrons. The molecule has 5 aliphatic rings. The molecule has 0 aromatic carbocycles. The van der Waals surface area contributed by atoms with Gasteiger partial charge in [0.1, 0.15) is 0 Å². The minimum atomic E-state index is -1.56. The number of carbonyl (C=O) groups is 1. The fourth-order valence-electron chi connectivity index (χ4n) is 10.5. The molecule has 4 N–H and O–H groups in total. The van der Waals surface area contributed by atoms with Crippen LogP contribution in [-0.4, -0.2) is 133 Å². The van der Waals surface area contributed by atoms with Crippen LogP contribution in [0.1, 0.15) is 107 Å². The van der Waals surface area contributed by atoms with E-state index in [4.69, 9.17) is 28.4 Å². The minimum absolute atomic E-state index is 0.0596. The summed E-state index contributed by atoms with van der Waals surface area (Å²) in [5.74, 6) is -3.12. The van der Waals surface area contributed by atoms with Crippen LogP contribution in [-0.2, 0) is 33.2 Å². The van der Waals surface area contributed by atoms with Gasteiger partial charge in [-0.3, -0.25) is 4.79 Å². The Balaban J connectivity index is 1.26. The van der Waals surface area contributed by atoms with Crippen LogP contribution in [0.5, 0.6) is 0 Å². The molecule has 5 heterocycles. The lowest BCUT2D eigenvalue weighted by atomic mass is 9.78. The fourth-order valence-corrected chi connectivity index (χ4v) is 10.5. The van der Waals surface area contributed by atoms with Crippen LogP contribution in [0.4, 0.5) is 0 Å². The van der Waals surface area contributed by atoms with E-state index in [-0.39, 0.29) is 66.0 Å². The number of aliphatic hydroxyl groups is 3. The van der Waals surface area contributed by atoms with Gasteiger partial charge in [0.2, 0.25) is 5.91 Å². The van der Waals surface area contributed by atoms with E-state index in [0.29, 0.717) is 19.4 Å². The lowest BCUT2D eigenvalue weighted by molar-refractivity contribution is -0.336. The van der Waals surface area contributed by atoms with Crippen molar-refractivity contribution in [3.05, 3.63) is 0 Å².